The first-order valence-electron chi connectivity index (χ1n) is 9.08. The van der Waals surface area contributed by atoms with Gasteiger partial charge in [0.1, 0.15) is 0 Å². The lowest BCUT2D eigenvalue weighted by molar-refractivity contribution is 0.0534. The highest BCUT2D eigenvalue weighted by atomic mass is 16.2. The van der Waals surface area contributed by atoms with E-state index in [2.05, 4.69) is 0 Å². The molecule has 138 valence electrons. The van der Waals surface area contributed by atoms with Crippen molar-refractivity contribution in [1.82, 2.24) is 14.4 Å². The molecule has 1 aliphatic heterocycles. The lowest BCUT2D eigenvalue weighted by atomic mass is 10.0. The highest BCUT2D eigenvalue weighted by Crippen LogP contribution is 2.18. The van der Waals surface area contributed by atoms with Gasteiger partial charge in [-0.15, -0.1) is 0 Å². The molecule has 0 aliphatic carbocycles. The van der Waals surface area contributed by atoms with E-state index >= 15 is 0 Å². The minimum absolute atomic E-state index is 0.0568. The molecule has 26 heavy (non-hydrogen) atoms. The summed E-state index contributed by atoms with van der Waals surface area (Å²) in [4.78, 5) is 29.3. The van der Waals surface area contributed by atoms with Crippen molar-refractivity contribution in [1.29, 1.82) is 0 Å². The summed E-state index contributed by atoms with van der Waals surface area (Å²) in [7, 11) is 1.97. The van der Waals surface area contributed by atoms with Gasteiger partial charge in [-0.05, 0) is 45.4 Å². The number of rotatable bonds is 2. The molecule has 3 rings (SSSR count). The molecule has 1 aliphatic rings. The lowest BCUT2D eigenvalue weighted by Gasteiger charge is -2.35. The van der Waals surface area contributed by atoms with Gasteiger partial charge in [-0.3, -0.25) is 9.59 Å². The number of nitrogens with zero attached hydrogens (tertiary/aromatic N) is 3. The molecule has 2 heterocycles. The fourth-order valence-electron chi connectivity index (χ4n) is 3.58. The Hall–Kier alpha value is -2.56. The largest absolute Gasteiger partial charge is 0.351 e. The van der Waals surface area contributed by atoms with Crippen LogP contribution in [0.4, 0.5) is 0 Å². The van der Waals surface area contributed by atoms with Crippen LogP contribution in [0.1, 0.15) is 43.2 Å². The standard InChI is InChI=1S/C21H27N3O2/c1-14-6-7-18(15(2)12-14)20(25)23-8-10-24(11-9-23)21(26)19-13-16(3)22(5)17(19)4/h6-7,12-13H,8-11H2,1-5H3. The summed E-state index contributed by atoms with van der Waals surface area (Å²) in [5.41, 5.74) is 5.74. The molecule has 1 fully saturated rings. The smallest absolute Gasteiger partial charge is 0.255 e. The van der Waals surface area contributed by atoms with E-state index in [1.54, 1.807) is 0 Å². The molecule has 0 bridgehead atoms. The van der Waals surface area contributed by atoms with Crippen LogP contribution in [0.25, 0.3) is 0 Å². The Bertz CT molecular complexity index is 858. The quantitative estimate of drug-likeness (QED) is 0.833. The highest BCUT2D eigenvalue weighted by Gasteiger charge is 2.27. The maximum absolute atomic E-state index is 12.8. The predicted molar refractivity (Wildman–Crippen MR) is 103 cm³/mol. The molecule has 1 aromatic heterocycles. The van der Waals surface area contributed by atoms with Crippen molar-refractivity contribution in [3.8, 4) is 0 Å². The van der Waals surface area contributed by atoms with Crippen LogP contribution in [0.3, 0.4) is 0 Å². The van der Waals surface area contributed by atoms with Gasteiger partial charge in [0.05, 0.1) is 5.56 Å². The number of carbonyl (C=O) groups is 2. The number of hydrogen-bond acceptors (Lipinski definition) is 2. The topological polar surface area (TPSA) is 45.6 Å². The summed E-state index contributed by atoms with van der Waals surface area (Å²) in [6, 6.07) is 7.86. The van der Waals surface area contributed by atoms with Gasteiger partial charge in [0.2, 0.25) is 0 Å². The molecule has 0 N–H and O–H groups in total. The maximum atomic E-state index is 12.8. The first kappa shape index (κ1) is 18.2. The van der Waals surface area contributed by atoms with Crippen molar-refractivity contribution in [2.24, 2.45) is 7.05 Å². The van der Waals surface area contributed by atoms with E-state index in [1.165, 1.54) is 0 Å². The van der Waals surface area contributed by atoms with Crippen molar-refractivity contribution in [2.45, 2.75) is 27.7 Å². The Morgan fingerprint density at radius 3 is 1.81 bits per heavy atom. The van der Waals surface area contributed by atoms with Crippen molar-refractivity contribution in [3.05, 3.63) is 57.9 Å². The zero-order chi connectivity index (χ0) is 19.0. The third-order valence-electron chi connectivity index (χ3n) is 5.47. The second-order valence-corrected chi connectivity index (χ2v) is 7.25. The third-order valence-corrected chi connectivity index (χ3v) is 5.47. The summed E-state index contributed by atoms with van der Waals surface area (Å²) < 4.78 is 2.03. The third kappa shape index (κ3) is 3.26. The molecule has 0 atom stereocenters. The van der Waals surface area contributed by atoms with E-state index in [9.17, 15) is 9.59 Å². The van der Waals surface area contributed by atoms with Gasteiger partial charge in [0.25, 0.3) is 11.8 Å². The number of carbonyl (C=O) groups excluding carboxylic acids is 2. The minimum atomic E-state index is 0.0568. The molecular formula is C21H27N3O2. The Morgan fingerprint density at radius 2 is 1.35 bits per heavy atom. The summed E-state index contributed by atoms with van der Waals surface area (Å²) in [6.45, 7) is 10.3. The Morgan fingerprint density at radius 1 is 0.808 bits per heavy atom. The van der Waals surface area contributed by atoms with E-state index in [-0.39, 0.29) is 11.8 Å². The highest BCUT2D eigenvalue weighted by molar-refractivity contribution is 5.97. The molecule has 1 aromatic carbocycles. The summed E-state index contributed by atoms with van der Waals surface area (Å²) >= 11 is 0. The van der Waals surface area contributed by atoms with Gasteiger partial charge < -0.3 is 14.4 Å². The molecule has 0 unspecified atom stereocenters. The monoisotopic (exact) mass is 353 g/mol. The molecule has 0 saturated carbocycles. The predicted octanol–water partition coefficient (Wildman–Crippen LogP) is 2.86. The van der Waals surface area contributed by atoms with E-state index in [0.717, 1.165) is 33.6 Å². The molecule has 5 nitrogen and oxygen atoms in total. The number of aryl methyl sites for hydroxylation is 3. The molecule has 2 aromatic rings. The fourth-order valence-corrected chi connectivity index (χ4v) is 3.58. The van der Waals surface area contributed by atoms with Crippen LogP contribution in [-0.4, -0.2) is 52.4 Å². The number of aromatic nitrogens is 1. The van der Waals surface area contributed by atoms with E-state index in [0.29, 0.717) is 26.2 Å². The zero-order valence-corrected chi connectivity index (χ0v) is 16.3. The van der Waals surface area contributed by atoms with Crippen LogP contribution < -0.4 is 0 Å². The van der Waals surface area contributed by atoms with Crippen molar-refractivity contribution >= 4 is 11.8 Å². The summed E-state index contributed by atoms with van der Waals surface area (Å²) in [5, 5.41) is 0. The molecule has 2 amide bonds. The van der Waals surface area contributed by atoms with E-state index < -0.39 is 0 Å². The first-order valence-corrected chi connectivity index (χ1v) is 9.08. The zero-order valence-electron chi connectivity index (χ0n) is 16.3. The van der Waals surface area contributed by atoms with Gasteiger partial charge >= 0.3 is 0 Å². The first-order chi connectivity index (χ1) is 12.3. The number of piperazine rings is 1. The molecular weight excluding hydrogens is 326 g/mol. The number of amides is 2. The molecule has 1 saturated heterocycles. The van der Waals surface area contributed by atoms with Crippen molar-refractivity contribution in [2.75, 3.05) is 26.2 Å². The lowest BCUT2D eigenvalue weighted by Crippen LogP contribution is -2.50. The number of hydrogen-bond donors (Lipinski definition) is 0. The Kier molecular flexibility index (Phi) is 4.90. The van der Waals surface area contributed by atoms with Crippen LogP contribution in [0.15, 0.2) is 24.3 Å². The Balaban J connectivity index is 1.68. The van der Waals surface area contributed by atoms with Gasteiger partial charge in [0, 0.05) is 50.2 Å². The van der Waals surface area contributed by atoms with Gasteiger partial charge in [-0.1, -0.05) is 17.7 Å². The van der Waals surface area contributed by atoms with Gasteiger partial charge in [-0.25, -0.2) is 0 Å². The molecule has 0 spiro atoms. The van der Waals surface area contributed by atoms with E-state index in [4.69, 9.17) is 0 Å². The number of benzene rings is 1. The van der Waals surface area contributed by atoms with Crippen LogP contribution in [0, 0.1) is 27.7 Å². The van der Waals surface area contributed by atoms with E-state index in [1.807, 2.05) is 73.4 Å². The van der Waals surface area contributed by atoms with Crippen LogP contribution in [0.5, 0.6) is 0 Å². The van der Waals surface area contributed by atoms with Gasteiger partial charge in [0.15, 0.2) is 0 Å². The normalized spacial score (nSPS) is 14.7. The second-order valence-electron chi connectivity index (χ2n) is 7.25. The minimum Gasteiger partial charge on any atom is -0.351 e. The molecule has 0 radical (unpaired) electrons. The Labute approximate surface area is 155 Å². The SMILES string of the molecule is Cc1ccc(C(=O)N2CCN(C(=O)c3cc(C)n(C)c3C)CC2)c(C)c1. The van der Waals surface area contributed by atoms with Gasteiger partial charge in [-0.2, -0.15) is 0 Å². The van der Waals surface area contributed by atoms with Crippen LogP contribution >= 0.6 is 0 Å². The average molecular weight is 353 g/mol. The summed E-state index contributed by atoms with van der Waals surface area (Å²) in [6.07, 6.45) is 0. The summed E-state index contributed by atoms with van der Waals surface area (Å²) in [5.74, 6) is 0.117. The van der Waals surface area contributed by atoms with Crippen LogP contribution in [-0.2, 0) is 7.05 Å². The average Bonchev–Trinajstić information content (AvgIpc) is 2.88. The fraction of sp³-hybridized carbons (Fsp3) is 0.429. The van der Waals surface area contributed by atoms with Crippen LogP contribution in [0.2, 0.25) is 0 Å². The second kappa shape index (κ2) is 6.98. The van der Waals surface area contributed by atoms with Crippen molar-refractivity contribution < 1.29 is 9.59 Å². The molecule has 5 heteroatoms. The maximum Gasteiger partial charge on any atom is 0.255 e. The van der Waals surface area contributed by atoms with Crippen molar-refractivity contribution in [3.63, 3.8) is 0 Å².